The third-order valence-corrected chi connectivity index (χ3v) is 5.29. The summed E-state index contributed by atoms with van der Waals surface area (Å²) in [5.41, 5.74) is 0.624. The van der Waals surface area contributed by atoms with Gasteiger partial charge in [0.2, 0.25) is 0 Å². The smallest absolute Gasteiger partial charge is 0.416 e. The highest BCUT2D eigenvalue weighted by Crippen LogP contribution is 2.38. The van der Waals surface area contributed by atoms with Crippen LogP contribution in [0.5, 0.6) is 11.5 Å². The van der Waals surface area contributed by atoms with E-state index in [1.54, 1.807) is 0 Å². The molecule has 0 bridgehead atoms. The van der Waals surface area contributed by atoms with E-state index in [4.69, 9.17) is 10.5 Å². The van der Waals surface area contributed by atoms with Crippen molar-refractivity contribution in [3.05, 3.63) is 53.2 Å². The molecule has 0 saturated carbocycles. The standard InChI is InChI=1S/C21H13F6N5O3S/c1-35-13-3-2-8(4-12(13)33)17-29-14(16(28)34)15-18(31-17)32(19(36)30-15)11-6-9(20(22,23)24)5-10(7-11)21(25,26)27/h2-7,33H,1H3,(H2,28,34)(H,30,36). The van der Waals surface area contributed by atoms with Crippen LogP contribution in [0.15, 0.2) is 41.6 Å². The van der Waals surface area contributed by atoms with E-state index in [1.165, 1.54) is 25.3 Å². The first-order valence-electron chi connectivity index (χ1n) is 9.67. The molecule has 2 aromatic heterocycles. The molecule has 2 aromatic carbocycles. The van der Waals surface area contributed by atoms with Crippen LogP contribution < -0.4 is 10.5 Å². The fourth-order valence-electron chi connectivity index (χ4n) is 3.38. The Labute approximate surface area is 202 Å². The van der Waals surface area contributed by atoms with E-state index in [2.05, 4.69) is 27.6 Å². The number of nitrogens with zero attached hydrogens (tertiary/aromatic N) is 4. The number of phenols is 1. The van der Waals surface area contributed by atoms with Crippen molar-refractivity contribution in [2.24, 2.45) is 5.73 Å². The number of fused-ring (bicyclic) bond motifs is 1. The molecule has 0 atom stereocenters. The Hall–Kier alpha value is -4.01. The zero-order valence-electron chi connectivity index (χ0n) is 17.8. The Morgan fingerprint density at radius 1 is 1.00 bits per heavy atom. The number of carbonyl (C=O) groups excluding carboxylic acids is 1. The number of hydrogen-bond acceptors (Lipinski definition) is 7. The molecule has 36 heavy (non-hydrogen) atoms. The average molecular weight is 529 g/mol. The lowest BCUT2D eigenvalue weighted by atomic mass is 10.1. The molecular formula is C21H13F6N5O3S. The molecule has 3 N–H and O–H groups in total. The molecule has 0 fully saturated rings. The van der Waals surface area contributed by atoms with Crippen LogP contribution in [0, 0.1) is 0 Å². The van der Waals surface area contributed by atoms with E-state index in [-0.39, 0.29) is 45.3 Å². The number of rotatable bonds is 4. The fraction of sp³-hybridized carbons (Fsp3) is 0.143. The van der Waals surface area contributed by atoms with Gasteiger partial charge in [-0.1, -0.05) is 0 Å². The number of phenolic OH excluding ortho intramolecular Hbond substituents is 1. The van der Waals surface area contributed by atoms with Crippen molar-refractivity contribution in [1.29, 1.82) is 0 Å². The minimum absolute atomic E-state index is 0.0316. The highest BCUT2D eigenvalue weighted by molar-refractivity contribution is 7.80. The minimum atomic E-state index is -5.11. The van der Waals surface area contributed by atoms with Gasteiger partial charge in [-0.2, -0.15) is 26.3 Å². The summed E-state index contributed by atoms with van der Waals surface area (Å²) in [6, 6.07) is 4.82. The van der Waals surface area contributed by atoms with Crippen LogP contribution in [0.1, 0.15) is 21.6 Å². The van der Waals surface area contributed by atoms with Gasteiger partial charge in [-0.15, -0.1) is 12.6 Å². The molecule has 0 spiro atoms. The van der Waals surface area contributed by atoms with Crippen LogP contribution >= 0.6 is 12.6 Å². The van der Waals surface area contributed by atoms with Gasteiger partial charge in [0.05, 0.1) is 23.9 Å². The topological polar surface area (TPSA) is 116 Å². The van der Waals surface area contributed by atoms with Gasteiger partial charge in [0.1, 0.15) is 5.52 Å². The van der Waals surface area contributed by atoms with Crippen molar-refractivity contribution in [1.82, 2.24) is 19.5 Å². The number of alkyl halides is 6. The zero-order chi connectivity index (χ0) is 26.6. The third-order valence-electron chi connectivity index (χ3n) is 4.99. The number of aromatic hydroxyl groups is 1. The third kappa shape index (κ3) is 4.48. The maximum absolute atomic E-state index is 13.4. The van der Waals surface area contributed by atoms with Crippen LogP contribution in [0.3, 0.4) is 0 Å². The molecular weight excluding hydrogens is 516 g/mol. The van der Waals surface area contributed by atoms with Crippen molar-refractivity contribution in [3.63, 3.8) is 0 Å². The highest BCUT2D eigenvalue weighted by atomic mass is 32.1. The van der Waals surface area contributed by atoms with E-state index in [0.29, 0.717) is 12.1 Å². The second-order valence-electron chi connectivity index (χ2n) is 7.33. The van der Waals surface area contributed by atoms with Crippen LogP contribution in [-0.2, 0) is 12.4 Å². The maximum atomic E-state index is 13.4. The Kier molecular flexibility index (Phi) is 5.98. The summed E-state index contributed by atoms with van der Waals surface area (Å²) < 4.78 is 86.2. The number of hydrogen-bond donors (Lipinski definition) is 3. The molecule has 8 nitrogen and oxygen atoms in total. The maximum Gasteiger partial charge on any atom is 0.416 e. The molecule has 0 aliphatic carbocycles. The van der Waals surface area contributed by atoms with E-state index < -0.39 is 40.8 Å². The van der Waals surface area contributed by atoms with Crippen molar-refractivity contribution < 1.29 is 41.0 Å². The first-order chi connectivity index (χ1) is 16.7. The molecule has 2 heterocycles. The van der Waals surface area contributed by atoms with E-state index in [0.717, 1.165) is 4.57 Å². The fourth-order valence-corrected chi connectivity index (χ4v) is 3.69. The van der Waals surface area contributed by atoms with Crippen molar-refractivity contribution >= 4 is 29.7 Å². The largest absolute Gasteiger partial charge is 0.504 e. The van der Waals surface area contributed by atoms with Crippen molar-refractivity contribution in [2.75, 3.05) is 7.11 Å². The van der Waals surface area contributed by atoms with Gasteiger partial charge in [-0.25, -0.2) is 15.0 Å². The summed E-state index contributed by atoms with van der Waals surface area (Å²) in [4.78, 5) is 24.2. The quantitative estimate of drug-likeness (QED) is 0.263. The number of imidazole rings is 1. The van der Waals surface area contributed by atoms with Crippen LogP contribution in [0.4, 0.5) is 26.3 Å². The number of nitrogens with two attached hydrogens (primary N) is 1. The van der Waals surface area contributed by atoms with E-state index >= 15 is 0 Å². The van der Waals surface area contributed by atoms with Gasteiger partial charge < -0.3 is 15.6 Å². The molecule has 188 valence electrons. The number of ether oxygens (including phenoxy) is 1. The minimum Gasteiger partial charge on any atom is -0.504 e. The Bertz CT molecular complexity index is 1480. The second kappa shape index (κ2) is 8.58. The number of aromatic nitrogens is 4. The first-order valence-corrected chi connectivity index (χ1v) is 10.1. The van der Waals surface area contributed by atoms with E-state index in [9.17, 15) is 36.2 Å². The molecule has 1 amide bonds. The van der Waals surface area contributed by atoms with E-state index in [1.807, 2.05) is 0 Å². The molecule has 0 saturated heterocycles. The molecule has 0 aliphatic heterocycles. The summed E-state index contributed by atoms with van der Waals surface area (Å²) in [5.74, 6) is -1.55. The predicted molar refractivity (Wildman–Crippen MR) is 116 cm³/mol. The van der Waals surface area contributed by atoms with Gasteiger partial charge in [0, 0.05) is 5.56 Å². The van der Waals surface area contributed by atoms with Crippen molar-refractivity contribution in [3.8, 4) is 28.6 Å². The number of thiol groups is 1. The summed E-state index contributed by atoms with van der Waals surface area (Å²) in [6.45, 7) is 0. The molecule has 0 radical (unpaired) electrons. The molecule has 4 rings (SSSR count). The Balaban J connectivity index is 2.05. The van der Waals surface area contributed by atoms with Crippen LogP contribution in [0.2, 0.25) is 0 Å². The molecule has 0 unspecified atom stereocenters. The number of methoxy groups -OCH3 is 1. The van der Waals surface area contributed by atoms with Crippen LogP contribution in [-0.4, -0.2) is 37.6 Å². The number of halogens is 6. The first kappa shape index (κ1) is 25.1. The lowest BCUT2D eigenvalue weighted by Crippen LogP contribution is -2.15. The molecule has 15 heteroatoms. The van der Waals surface area contributed by atoms with Gasteiger partial charge in [0.15, 0.2) is 33.8 Å². The van der Waals surface area contributed by atoms with Gasteiger partial charge in [-0.3, -0.25) is 9.36 Å². The SMILES string of the molecule is COc1ccc(-c2nc(C(N)=O)c3nc(S)n(-c4cc(C(F)(F)F)cc(C(F)(F)F)c4)c3n2)cc1O. The second-order valence-corrected chi connectivity index (χ2v) is 7.73. The monoisotopic (exact) mass is 529 g/mol. The Morgan fingerprint density at radius 3 is 2.11 bits per heavy atom. The number of benzene rings is 2. The Morgan fingerprint density at radius 2 is 1.61 bits per heavy atom. The summed E-state index contributed by atoms with van der Waals surface area (Å²) >= 11 is 4.07. The number of amides is 1. The van der Waals surface area contributed by atoms with Crippen molar-refractivity contribution in [2.45, 2.75) is 17.5 Å². The van der Waals surface area contributed by atoms with Gasteiger partial charge in [-0.05, 0) is 36.4 Å². The summed E-state index contributed by atoms with van der Waals surface area (Å²) in [5, 5.41) is 9.69. The summed E-state index contributed by atoms with van der Waals surface area (Å²) in [6.07, 6.45) is -10.2. The predicted octanol–water partition coefficient (Wildman–Crippen LogP) is 4.62. The number of carbonyl (C=O) groups is 1. The average Bonchev–Trinajstić information content (AvgIpc) is 3.12. The van der Waals surface area contributed by atoms with Crippen LogP contribution in [0.25, 0.3) is 28.2 Å². The lowest BCUT2D eigenvalue weighted by Gasteiger charge is -2.15. The van der Waals surface area contributed by atoms with Gasteiger partial charge in [0.25, 0.3) is 5.91 Å². The summed E-state index contributed by atoms with van der Waals surface area (Å²) in [7, 11) is 1.31. The van der Waals surface area contributed by atoms with Gasteiger partial charge >= 0.3 is 12.4 Å². The zero-order valence-corrected chi connectivity index (χ0v) is 18.7. The number of primary amides is 1. The molecule has 0 aliphatic rings. The highest BCUT2D eigenvalue weighted by Gasteiger charge is 2.37. The molecule has 4 aromatic rings. The normalized spacial score (nSPS) is 12.2. The lowest BCUT2D eigenvalue weighted by molar-refractivity contribution is -0.143.